The Labute approximate surface area is 136 Å². The van der Waals surface area contributed by atoms with Crippen LogP contribution in [0.5, 0.6) is 0 Å². The molecule has 0 unspecified atom stereocenters. The molecule has 0 saturated heterocycles. The van der Waals surface area contributed by atoms with Crippen molar-refractivity contribution in [3.05, 3.63) is 54.0 Å². The van der Waals surface area contributed by atoms with Gasteiger partial charge in [0.2, 0.25) is 0 Å². The molecule has 1 heterocycles. The maximum Gasteiger partial charge on any atom is 0.335 e. The molecule has 0 bridgehead atoms. The number of unbranched alkanes of at least 4 members (excludes halogenated alkanes) is 4. The van der Waals surface area contributed by atoms with Crippen molar-refractivity contribution in [1.82, 2.24) is 0 Å². The summed E-state index contributed by atoms with van der Waals surface area (Å²) in [6.45, 7) is 0.893. The van der Waals surface area contributed by atoms with Crippen LogP contribution in [-0.4, -0.2) is 17.6 Å². The first-order valence-electron chi connectivity index (χ1n) is 7.85. The molecule has 2 N–H and O–H groups in total. The van der Waals surface area contributed by atoms with E-state index < -0.39 is 5.97 Å². The molecule has 0 fully saturated rings. The fraction of sp³-hybridized carbons (Fsp3) is 0.316. The van der Waals surface area contributed by atoms with Crippen molar-refractivity contribution < 1.29 is 14.3 Å². The number of anilines is 1. The van der Waals surface area contributed by atoms with Gasteiger partial charge in [0.1, 0.15) is 0 Å². The van der Waals surface area contributed by atoms with E-state index in [9.17, 15) is 4.79 Å². The lowest BCUT2D eigenvalue weighted by atomic mass is 10.1. The highest BCUT2D eigenvalue weighted by molar-refractivity contribution is 5.87. The molecule has 2 rings (SSSR count). The molecule has 0 aliphatic heterocycles. The first-order valence-corrected chi connectivity index (χ1v) is 7.85. The minimum absolute atomic E-state index is 0.311. The first kappa shape index (κ1) is 16.7. The molecule has 1 aromatic heterocycles. The first-order chi connectivity index (χ1) is 11.3. The van der Waals surface area contributed by atoms with E-state index >= 15 is 0 Å². The molecule has 4 heteroatoms. The minimum Gasteiger partial charge on any atom is -0.478 e. The smallest absolute Gasteiger partial charge is 0.335 e. The van der Waals surface area contributed by atoms with Crippen LogP contribution >= 0.6 is 0 Å². The van der Waals surface area contributed by atoms with Gasteiger partial charge in [-0.15, -0.1) is 0 Å². The summed E-state index contributed by atoms with van der Waals surface area (Å²) in [4.78, 5) is 10.8. The molecule has 0 aliphatic carbocycles. The lowest BCUT2D eigenvalue weighted by molar-refractivity contribution is 0.0697. The highest BCUT2D eigenvalue weighted by Crippen LogP contribution is 2.10. The van der Waals surface area contributed by atoms with Crippen molar-refractivity contribution in [1.29, 1.82) is 0 Å². The monoisotopic (exact) mass is 311 g/mol. The Morgan fingerprint density at radius 2 is 1.87 bits per heavy atom. The number of hydrogen-bond acceptors (Lipinski definition) is 3. The summed E-state index contributed by atoms with van der Waals surface area (Å²) in [7, 11) is 0. The molecule has 0 spiro atoms. The molecule has 1 aromatic carbocycles. The van der Waals surface area contributed by atoms with Crippen LogP contribution in [0.15, 0.2) is 47.1 Å². The van der Waals surface area contributed by atoms with Gasteiger partial charge in [-0.05, 0) is 55.2 Å². The summed E-state index contributed by atoms with van der Waals surface area (Å²) in [6.07, 6.45) is 7.03. The van der Waals surface area contributed by atoms with Gasteiger partial charge >= 0.3 is 5.97 Å². The lowest BCUT2D eigenvalue weighted by Gasteiger charge is -2.06. The Morgan fingerprint density at radius 3 is 2.57 bits per heavy atom. The number of nitrogens with one attached hydrogen (secondary N) is 1. The minimum atomic E-state index is -0.897. The normalized spacial score (nSPS) is 9.91. The SMILES string of the molecule is O=C(O)c1ccc(NCCCCCCC#Cc2ccco2)cc1. The molecular formula is C19H21NO3. The second-order valence-corrected chi connectivity index (χ2v) is 5.25. The lowest BCUT2D eigenvalue weighted by Crippen LogP contribution is -2.02. The molecule has 2 aromatic rings. The van der Waals surface area contributed by atoms with Crippen molar-refractivity contribution in [2.75, 3.05) is 11.9 Å². The van der Waals surface area contributed by atoms with Gasteiger partial charge in [0.25, 0.3) is 0 Å². The van der Waals surface area contributed by atoms with Crippen molar-refractivity contribution in [2.45, 2.75) is 32.1 Å². The van der Waals surface area contributed by atoms with Crippen LogP contribution in [0.25, 0.3) is 0 Å². The van der Waals surface area contributed by atoms with E-state index in [1.807, 2.05) is 12.1 Å². The van der Waals surface area contributed by atoms with Crippen LogP contribution in [0, 0.1) is 11.8 Å². The van der Waals surface area contributed by atoms with Crippen LogP contribution in [0.4, 0.5) is 5.69 Å². The molecule has 120 valence electrons. The number of aromatic carboxylic acids is 1. The molecule has 23 heavy (non-hydrogen) atoms. The van der Waals surface area contributed by atoms with E-state index in [1.54, 1.807) is 30.5 Å². The van der Waals surface area contributed by atoms with Gasteiger partial charge in [0.15, 0.2) is 5.76 Å². The summed E-state index contributed by atoms with van der Waals surface area (Å²) in [5.41, 5.74) is 1.27. The Kier molecular flexibility index (Phi) is 6.80. The van der Waals surface area contributed by atoms with E-state index in [1.165, 1.54) is 0 Å². The number of hydrogen-bond donors (Lipinski definition) is 2. The van der Waals surface area contributed by atoms with Gasteiger partial charge in [-0.2, -0.15) is 0 Å². The summed E-state index contributed by atoms with van der Waals surface area (Å²) >= 11 is 0. The van der Waals surface area contributed by atoms with E-state index in [4.69, 9.17) is 9.52 Å². The predicted molar refractivity (Wildman–Crippen MR) is 90.6 cm³/mol. The molecule has 0 atom stereocenters. The van der Waals surface area contributed by atoms with Crippen molar-refractivity contribution >= 4 is 11.7 Å². The summed E-state index contributed by atoms with van der Waals surface area (Å²) in [6, 6.07) is 10.5. The highest BCUT2D eigenvalue weighted by Gasteiger charge is 2.00. The van der Waals surface area contributed by atoms with Crippen molar-refractivity contribution in [2.24, 2.45) is 0 Å². The third-order valence-corrected chi connectivity index (χ3v) is 3.42. The zero-order chi connectivity index (χ0) is 16.3. The zero-order valence-corrected chi connectivity index (χ0v) is 13.0. The average Bonchev–Trinajstić information content (AvgIpc) is 3.07. The largest absolute Gasteiger partial charge is 0.478 e. The average molecular weight is 311 g/mol. The van der Waals surface area contributed by atoms with E-state index in [2.05, 4.69) is 17.2 Å². The van der Waals surface area contributed by atoms with E-state index in [0.29, 0.717) is 5.56 Å². The quantitative estimate of drug-likeness (QED) is 0.560. The summed E-state index contributed by atoms with van der Waals surface area (Å²) in [5, 5.41) is 12.1. The van der Waals surface area contributed by atoms with Crippen LogP contribution in [0.3, 0.4) is 0 Å². The second kappa shape index (κ2) is 9.37. The zero-order valence-electron chi connectivity index (χ0n) is 13.0. The molecular weight excluding hydrogens is 290 g/mol. The van der Waals surface area contributed by atoms with Crippen molar-refractivity contribution in [3.8, 4) is 11.8 Å². The van der Waals surface area contributed by atoms with Crippen LogP contribution in [-0.2, 0) is 0 Å². The predicted octanol–water partition coefficient (Wildman–Crippen LogP) is 4.39. The van der Waals surface area contributed by atoms with Gasteiger partial charge < -0.3 is 14.8 Å². The number of rotatable bonds is 8. The maximum atomic E-state index is 10.8. The van der Waals surface area contributed by atoms with Gasteiger partial charge in [0, 0.05) is 18.7 Å². The topological polar surface area (TPSA) is 62.5 Å². The van der Waals surface area contributed by atoms with E-state index in [0.717, 1.165) is 50.1 Å². The molecule has 0 saturated carbocycles. The Balaban J connectivity index is 1.51. The summed E-state index contributed by atoms with van der Waals surface area (Å²) in [5.74, 6) is 5.93. The fourth-order valence-electron chi connectivity index (χ4n) is 2.15. The summed E-state index contributed by atoms with van der Waals surface area (Å²) < 4.78 is 5.14. The number of furan rings is 1. The van der Waals surface area contributed by atoms with Gasteiger partial charge in [0.05, 0.1) is 11.8 Å². The van der Waals surface area contributed by atoms with E-state index in [-0.39, 0.29) is 0 Å². The third kappa shape index (κ3) is 6.31. The molecule has 0 radical (unpaired) electrons. The second-order valence-electron chi connectivity index (χ2n) is 5.25. The third-order valence-electron chi connectivity index (χ3n) is 3.42. The van der Waals surface area contributed by atoms with Crippen LogP contribution in [0.2, 0.25) is 0 Å². The van der Waals surface area contributed by atoms with Gasteiger partial charge in [-0.25, -0.2) is 4.79 Å². The highest BCUT2D eigenvalue weighted by atomic mass is 16.4. The van der Waals surface area contributed by atoms with Gasteiger partial charge in [-0.3, -0.25) is 0 Å². The number of carboxylic acids is 1. The van der Waals surface area contributed by atoms with Crippen molar-refractivity contribution in [3.63, 3.8) is 0 Å². The fourth-order valence-corrected chi connectivity index (χ4v) is 2.15. The Morgan fingerprint density at radius 1 is 1.09 bits per heavy atom. The van der Waals surface area contributed by atoms with Crippen LogP contribution < -0.4 is 5.32 Å². The molecule has 4 nitrogen and oxygen atoms in total. The molecule has 0 aliphatic rings. The number of carboxylic acid groups (broad SMARTS) is 1. The van der Waals surface area contributed by atoms with Crippen LogP contribution in [0.1, 0.15) is 48.2 Å². The Bertz CT molecular complexity index is 648. The Hall–Kier alpha value is -2.67. The van der Waals surface area contributed by atoms with Gasteiger partial charge in [-0.1, -0.05) is 18.8 Å². The number of carbonyl (C=O) groups is 1. The molecule has 0 amide bonds. The number of benzene rings is 1. The standard InChI is InChI=1S/C19H21NO3/c21-19(22)16-10-12-17(13-11-16)20-14-6-4-2-1-3-5-8-18-9-7-15-23-18/h7,9-13,15,20H,1-4,6,14H2,(H,21,22). The maximum absolute atomic E-state index is 10.8.